The molecule has 0 spiro atoms. The highest BCUT2D eigenvalue weighted by Gasteiger charge is 2.12. The van der Waals surface area contributed by atoms with Gasteiger partial charge < -0.3 is 10.2 Å². The molecule has 2 amide bonds. The van der Waals surface area contributed by atoms with Crippen molar-refractivity contribution in [3.8, 4) is 0 Å². The predicted octanol–water partition coefficient (Wildman–Crippen LogP) is 4.05. The number of hydrogen-bond donors (Lipinski definition) is 1. The van der Waals surface area contributed by atoms with E-state index in [1.807, 2.05) is 30.3 Å². The molecule has 1 N–H and O–H groups in total. The number of rotatable bonds is 7. The molecule has 132 valence electrons. The van der Waals surface area contributed by atoms with Crippen LogP contribution in [0.15, 0.2) is 48.5 Å². The van der Waals surface area contributed by atoms with Gasteiger partial charge in [-0.05, 0) is 29.3 Å². The summed E-state index contributed by atoms with van der Waals surface area (Å²) in [6.45, 7) is 2.67. The molecule has 0 fully saturated rings. The topological polar surface area (TPSA) is 49.4 Å². The van der Waals surface area contributed by atoms with E-state index in [9.17, 15) is 9.59 Å². The van der Waals surface area contributed by atoms with Crippen LogP contribution < -0.4 is 5.32 Å². The number of nitrogens with zero attached hydrogens (tertiary/aromatic N) is 1. The average Bonchev–Trinajstić information content (AvgIpc) is 2.59. The minimum absolute atomic E-state index is 0.0751. The van der Waals surface area contributed by atoms with E-state index in [1.165, 1.54) is 6.92 Å². The molecule has 25 heavy (non-hydrogen) atoms. The Bertz CT molecular complexity index is 732. The third kappa shape index (κ3) is 6.40. The van der Waals surface area contributed by atoms with E-state index < -0.39 is 0 Å². The second-order valence-electron chi connectivity index (χ2n) is 5.69. The molecular formula is C19H20Cl2N2O2. The Morgan fingerprint density at radius 1 is 1.04 bits per heavy atom. The minimum atomic E-state index is -0.123. The first-order valence-corrected chi connectivity index (χ1v) is 8.71. The number of carbonyl (C=O) groups excluding carboxylic acids is 2. The molecule has 0 aliphatic carbocycles. The lowest BCUT2D eigenvalue weighted by Gasteiger charge is -2.21. The highest BCUT2D eigenvalue weighted by atomic mass is 35.5. The fourth-order valence-electron chi connectivity index (χ4n) is 2.32. The fourth-order valence-corrected chi connectivity index (χ4v) is 2.65. The van der Waals surface area contributed by atoms with Crippen LogP contribution in [0, 0.1) is 0 Å². The molecule has 0 unspecified atom stereocenters. The molecule has 0 heterocycles. The summed E-state index contributed by atoms with van der Waals surface area (Å²) in [7, 11) is 0. The Labute approximate surface area is 157 Å². The van der Waals surface area contributed by atoms with Crippen LogP contribution >= 0.6 is 23.2 Å². The molecule has 0 atom stereocenters. The van der Waals surface area contributed by atoms with Crippen molar-refractivity contribution in [1.82, 2.24) is 10.2 Å². The average molecular weight is 379 g/mol. The van der Waals surface area contributed by atoms with Gasteiger partial charge in [0.1, 0.15) is 0 Å². The molecule has 0 saturated carbocycles. The zero-order valence-corrected chi connectivity index (χ0v) is 15.5. The van der Waals surface area contributed by atoms with Crippen molar-refractivity contribution < 1.29 is 9.59 Å². The number of halogens is 2. The molecule has 2 rings (SSSR count). The van der Waals surface area contributed by atoms with Gasteiger partial charge in [-0.3, -0.25) is 9.59 Å². The van der Waals surface area contributed by atoms with Crippen LogP contribution in [0.5, 0.6) is 0 Å². The van der Waals surface area contributed by atoms with Gasteiger partial charge in [0.2, 0.25) is 11.8 Å². The molecule has 2 aromatic rings. The van der Waals surface area contributed by atoms with E-state index in [0.717, 1.165) is 11.1 Å². The van der Waals surface area contributed by atoms with Crippen LogP contribution in [-0.4, -0.2) is 23.3 Å². The van der Waals surface area contributed by atoms with Gasteiger partial charge in [0, 0.05) is 43.0 Å². The Morgan fingerprint density at radius 2 is 1.72 bits per heavy atom. The highest BCUT2D eigenvalue weighted by Crippen LogP contribution is 2.14. The quantitative estimate of drug-likeness (QED) is 0.789. The Balaban J connectivity index is 1.83. The van der Waals surface area contributed by atoms with Crippen LogP contribution in [0.25, 0.3) is 0 Å². The second-order valence-corrected chi connectivity index (χ2v) is 6.53. The lowest BCUT2D eigenvalue weighted by Crippen LogP contribution is -2.33. The van der Waals surface area contributed by atoms with Gasteiger partial charge in [0.05, 0.1) is 0 Å². The first kappa shape index (κ1) is 19.3. The van der Waals surface area contributed by atoms with E-state index in [2.05, 4.69) is 5.32 Å². The molecule has 0 aliphatic rings. The Kier molecular flexibility index (Phi) is 7.29. The lowest BCUT2D eigenvalue weighted by atomic mass is 10.2. The van der Waals surface area contributed by atoms with E-state index in [4.69, 9.17) is 23.2 Å². The van der Waals surface area contributed by atoms with E-state index in [0.29, 0.717) is 29.7 Å². The summed E-state index contributed by atoms with van der Waals surface area (Å²) < 4.78 is 0. The number of benzene rings is 2. The van der Waals surface area contributed by atoms with Gasteiger partial charge >= 0.3 is 0 Å². The van der Waals surface area contributed by atoms with E-state index in [1.54, 1.807) is 23.1 Å². The van der Waals surface area contributed by atoms with Crippen LogP contribution in [0.2, 0.25) is 10.0 Å². The van der Waals surface area contributed by atoms with Crippen molar-refractivity contribution in [3.05, 3.63) is 69.7 Å². The zero-order valence-electron chi connectivity index (χ0n) is 14.0. The standard InChI is InChI=1S/C19H20Cl2N2O2/c1-14(24)23(13-15-6-8-17(20)9-7-15)11-10-19(25)22-12-16-4-2-3-5-18(16)21/h2-9H,10-13H2,1H3,(H,22,25). The van der Waals surface area contributed by atoms with Crippen molar-refractivity contribution in [2.45, 2.75) is 26.4 Å². The molecule has 0 aromatic heterocycles. The normalized spacial score (nSPS) is 10.4. The minimum Gasteiger partial charge on any atom is -0.352 e. The van der Waals surface area contributed by atoms with Crippen LogP contribution in [0.4, 0.5) is 0 Å². The number of carbonyl (C=O) groups is 2. The van der Waals surface area contributed by atoms with Crippen molar-refractivity contribution in [3.63, 3.8) is 0 Å². The molecule has 6 heteroatoms. The zero-order chi connectivity index (χ0) is 18.2. The van der Waals surface area contributed by atoms with Crippen LogP contribution in [-0.2, 0) is 22.7 Å². The highest BCUT2D eigenvalue weighted by molar-refractivity contribution is 6.31. The summed E-state index contributed by atoms with van der Waals surface area (Å²) in [5.41, 5.74) is 1.83. The third-order valence-electron chi connectivity index (χ3n) is 3.77. The summed E-state index contributed by atoms with van der Waals surface area (Å²) in [5, 5.41) is 4.10. The molecule has 0 bridgehead atoms. The molecule has 0 aliphatic heterocycles. The van der Waals surface area contributed by atoms with Crippen LogP contribution in [0.3, 0.4) is 0 Å². The monoisotopic (exact) mass is 378 g/mol. The molecular weight excluding hydrogens is 359 g/mol. The molecule has 2 aromatic carbocycles. The number of hydrogen-bond acceptors (Lipinski definition) is 2. The largest absolute Gasteiger partial charge is 0.352 e. The van der Waals surface area contributed by atoms with Gasteiger partial charge in [-0.25, -0.2) is 0 Å². The summed E-state index contributed by atoms with van der Waals surface area (Å²) >= 11 is 11.9. The van der Waals surface area contributed by atoms with Crippen molar-refractivity contribution in [2.24, 2.45) is 0 Å². The van der Waals surface area contributed by atoms with Crippen LogP contribution in [0.1, 0.15) is 24.5 Å². The van der Waals surface area contributed by atoms with Gasteiger partial charge in [-0.15, -0.1) is 0 Å². The molecule has 4 nitrogen and oxygen atoms in total. The van der Waals surface area contributed by atoms with Gasteiger partial charge in [0.25, 0.3) is 0 Å². The van der Waals surface area contributed by atoms with Crippen molar-refractivity contribution >= 4 is 35.0 Å². The first-order valence-electron chi connectivity index (χ1n) is 7.96. The second kappa shape index (κ2) is 9.44. The molecule has 0 saturated heterocycles. The smallest absolute Gasteiger partial charge is 0.222 e. The van der Waals surface area contributed by atoms with E-state index in [-0.39, 0.29) is 18.2 Å². The number of amides is 2. The summed E-state index contributed by atoms with van der Waals surface area (Å²) in [6.07, 6.45) is 0.234. The summed E-state index contributed by atoms with van der Waals surface area (Å²) in [6, 6.07) is 14.7. The Hall–Kier alpha value is -2.04. The molecule has 0 radical (unpaired) electrons. The third-order valence-corrected chi connectivity index (χ3v) is 4.40. The van der Waals surface area contributed by atoms with E-state index >= 15 is 0 Å². The number of nitrogens with one attached hydrogen (secondary N) is 1. The first-order chi connectivity index (χ1) is 12.0. The maximum absolute atomic E-state index is 12.0. The summed E-state index contributed by atoms with van der Waals surface area (Å²) in [5.74, 6) is -0.198. The SMILES string of the molecule is CC(=O)N(CCC(=O)NCc1ccccc1Cl)Cc1ccc(Cl)cc1. The Morgan fingerprint density at radius 3 is 2.36 bits per heavy atom. The maximum atomic E-state index is 12.0. The fraction of sp³-hybridized carbons (Fsp3) is 0.263. The van der Waals surface area contributed by atoms with Crippen molar-refractivity contribution in [1.29, 1.82) is 0 Å². The summed E-state index contributed by atoms with van der Waals surface area (Å²) in [4.78, 5) is 25.5. The van der Waals surface area contributed by atoms with Gasteiger partial charge in [-0.1, -0.05) is 53.5 Å². The predicted molar refractivity (Wildman–Crippen MR) is 100 cm³/mol. The lowest BCUT2D eigenvalue weighted by molar-refractivity contribution is -0.130. The maximum Gasteiger partial charge on any atom is 0.222 e. The van der Waals surface area contributed by atoms with Gasteiger partial charge in [0.15, 0.2) is 0 Å². The van der Waals surface area contributed by atoms with Gasteiger partial charge in [-0.2, -0.15) is 0 Å². The van der Waals surface area contributed by atoms with Crippen molar-refractivity contribution in [2.75, 3.05) is 6.54 Å².